The average molecular weight is 372 g/mol. The summed E-state index contributed by atoms with van der Waals surface area (Å²) in [4.78, 5) is 4.24. The van der Waals surface area contributed by atoms with E-state index < -0.39 is 5.60 Å². The fraction of sp³-hybridized carbons (Fsp3) is 0.385. The first-order valence-electron chi connectivity index (χ1n) is 5.80. The van der Waals surface area contributed by atoms with Crippen molar-refractivity contribution in [1.29, 1.82) is 0 Å². The molecular weight excluding hydrogens is 359 g/mol. The maximum absolute atomic E-state index is 10.2. The molecule has 1 saturated heterocycles. The quantitative estimate of drug-likeness (QED) is 0.257. The zero-order valence-electron chi connectivity index (χ0n) is 10.1. The van der Waals surface area contributed by atoms with Crippen LogP contribution < -0.4 is 0 Å². The zero-order chi connectivity index (χ0) is 13.7. The summed E-state index contributed by atoms with van der Waals surface area (Å²) in [6.45, 7) is 1.04. The zero-order valence-corrected chi connectivity index (χ0v) is 12.3. The smallest absolute Gasteiger partial charge is 0.130 e. The van der Waals surface area contributed by atoms with Crippen LogP contribution in [-0.4, -0.2) is 40.3 Å². The van der Waals surface area contributed by atoms with Gasteiger partial charge in [-0.1, -0.05) is 11.1 Å². The van der Waals surface area contributed by atoms with Crippen LogP contribution in [0.15, 0.2) is 17.3 Å². The van der Waals surface area contributed by atoms with E-state index in [1.165, 1.54) is 6.21 Å². The highest BCUT2D eigenvalue weighted by Crippen LogP contribution is 2.19. The molecule has 0 atom stereocenters. The average Bonchev–Trinajstić information content (AvgIpc) is 2.41. The standard InChI is InChI=1S/C13H13IN2O3/c14-11-2-1-10(16-12(11)9-15-18)3-4-13(17)5-7-19-8-6-13/h1-2,9,17-18H,5-8H2/b15-9+. The number of aliphatic hydroxyl groups is 1. The Morgan fingerprint density at radius 1 is 1.42 bits per heavy atom. The molecule has 0 radical (unpaired) electrons. The first-order valence-corrected chi connectivity index (χ1v) is 6.88. The maximum Gasteiger partial charge on any atom is 0.130 e. The molecule has 0 unspecified atom stereocenters. The fourth-order valence-electron chi connectivity index (χ4n) is 1.69. The summed E-state index contributed by atoms with van der Waals surface area (Å²) in [5.41, 5.74) is 0.0952. The number of aromatic nitrogens is 1. The Morgan fingerprint density at radius 2 is 2.16 bits per heavy atom. The Hall–Kier alpha value is -1.17. The SMILES string of the molecule is O/N=C/c1nc(C#CC2(O)CCOCC2)ccc1I. The van der Waals surface area contributed by atoms with Gasteiger partial charge in [-0.15, -0.1) is 0 Å². The highest BCUT2D eigenvalue weighted by atomic mass is 127. The number of halogens is 1. The van der Waals surface area contributed by atoms with E-state index in [1.807, 2.05) is 6.07 Å². The van der Waals surface area contributed by atoms with Crippen molar-refractivity contribution in [2.45, 2.75) is 18.4 Å². The van der Waals surface area contributed by atoms with Gasteiger partial charge in [0.25, 0.3) is 0 Å². The lowest BCUT2D eigenvalue weighted by atomic mass is 9.95. The van der Waals surface area contributed by atoms with Crippen LogP contribution in [0.3, 0.4) is 0 Å². The Balaban J connectivity index is 2.22. The Kier molecular flexibility index (Phi) is 4.74. The van der Waals surface area contributed by atoms with Crippen LogP contribution in [0.5, 0.6) is 0 Å². The third-order valence-electron chi connectivity index (χ3n) is 2.80. The highest BCUT2D eigenvalue weighted by molar-refractivity contribution is 14.1. The van der Waals surface area contributed by atoms with Crippen molar-refractivity contribution < 1.29 is 15.1 Å². The monoisotopic (exact) mass is 372 g/mol. The number of nitrogens with zero attached hydrogens (tertiary/aromatic N) is 2. The van der Waals surface area contributed by atoms with E-state index in [2.05, 4.69) is 44.6 Å². The van der Waals surface area contributed by atoms with Gasteiger partial charge in [-0.05, 0) is 40.6 Å². The summed E-state index contributed by atoms with van der Waals surface area (Å²) < 4.78 is 6.06. The molecular formula is C13H13IN2O3. The predicted molar refractivity (Wildman–Crippen MR) is 78.2 cm³/mol. The van der Waals surface area contributed by atoms with E-state index in [0.717, 1.165) is 3.57 Å². The predicted octanol–water partition coefficient (Wildman–Crippen LogP) is 1.39. The molecule has 5 nitrogen and oxygen atoms in total. The van der Waals surface area contributed by atoms with E-state index in [0.29, 0.717) is 37.4 Å². The van der Waals surface area contributed by atoms with Gasteiger partial charge in [-0.3, -0.25) is 0 Å². The second-order valence-corrected chi connectivity index (χ2v) is 5.36. The van der Waals surface area contributed by atoms with Crippen LogP contribution in [0.25, 0.3) is 0 Å². The molecule has 1 aliphatic rings. The molecule has 2 heterocycles. The van der Waals surface area contributed by atoms with Crippen LogP contribution in [0.1, 0.15) is 24.2 Å². The fourth-order valence-corrected chi connectivity index (χ4v) is 2.13. The second kappa shape index (κ2) is 6.32. The number of hydrogen-bond donors (Lipinski definition) is 2. The molecule has 2 N–H and O–H groups in total. The van der Waals surface area contributed by atoms with Crippen LogP contribution in [0, 0.1) is 15.4 Å². The van der Waals surface area contributed by atoms with Crippen molar-refractivity contribution in [1.82, 2.24) is 4.98 Å². The first-order chi connectivity index (χ1) is 9.13. The lowest BCUT2D eigenvalue weighted by Crippen LogP contribution is -2.34. The van der Waals surface area contributed by atoms with E-state index in [4.69, 9.17) is 9.94 Å². The number of rotatable bonds is 1. The molecule has 6 heteroatoms. The van der Waals surface area contributed by atoms with Gasteiger partial charge in [0.05, 0.1) is 25.1 Å². The van der Waals surface area contributed by atoms with Gasteiger partial charge >= 0.3 is 0 Å². The molecule has 0 bridgehead atoms. The van der Waals surface area contributed by atoms with Gasteiger partial charge in [0.15, 0.2) is 0 Å². The molecule has 1 aromatic rings. The summed E-state index contributed by atoms with van der Waals surface area (Å²) in [6.07, 6.45) is 2.28. The molecule has 1 aliphatic heterocycles. The van der Waals surface area contributed by atoms with Crippen molar-refractivity contribution in [3.63, 3.8) is 0 Å². The molecule has 0 aliphatic carbocycles. The van der Waals surface area contributed by atoms with E-state index in [9.17, 15) is 5.11 Å². The maximum atomic E-state index is 10.2. The normalized spacial score (nSPS) is 18.0. The van der Waals surface area contributed by atoms with Crippen molar-refractivity contribution in [3.05, 3.63) is 27.1 Å². The number of oxime groups is 1. The molecule has 0 amide bonds. The van der Waals surface area contributed by atoms with Crippen molar-refractivity contribution in [2.75, 3.05) is 13.2 Å². The van der Waals surface area contributed by atoms with Crippen LogP contribution >= 0.6 is 22.6 Å². The lowest BCUT2D eigenvalue weighted by Gasteiger charge is -2.26. The Labute approximate surface area is 124 Å². The molecule has 0 aromatic carbocycles. The summed E-state index contributed by atoms with van der Waals surface area (Å²) in [6, 6.07) is 3.61. The molecule has 2 rings (SSSR count). The van der Waals surface area contributed by atoms with Crippen molar-refractivity contribution in [3.8, 4) is 11.8 Å². The summed E-state index contributed by atoms with van der Waals surface area (Å²) in [5.74, 6) is 5.72. The number of pyridine rings is 1. The first kappa shape index (κ1) is 14.2. The molecule has 0 saturated carbocycles. The van der Waals surface area contributed by atoms with E-state index in [-0.39, 0.29) is 0 Å². The van der Waals surface area contributed by atoms with Crippen molar-refractivity contribution in [2.24, 2.45) is 5.16 Å². The van der Waals surface area contributed by atoms with Gasteiger partial charge in [0.2, 0.25) is 0 Å². The molecule has 100 valence electrons. The third-order valence-corrected chi connectivity index (χ3v) is 3.71. The van der Waals surface area contributed by atoms with Crippen LogP contribution in [0.2, 0.25) is 0 Å². The highest BCUT2D eigenvalue weighted by Gasteiger charge is 2.27. The van der Waals surface area contributed by atoms with Crippen LogP contribution in [-0.2, 0) is 4.74 Å². The van der Waals surface area contributed by atoms with Gasteiger partial charge in [-0.2, -0.15) is 0 Å². The summed E-state index contributed by atoms with van der Waals surface area (Å²) in [7, 11) is 0. The minimum atomic E-state index is -0.992. The number of hydrogen-bond acceptors (Lipinski definition) is 5. The van der Waals surface area contributed by atoms with Crippen LogP contribution in [0.4, 0.5) is 0 Å². The van der Waals surface area contributed by atoms with Gasteiger partial charge < -0.3 is 15.1 Å². The van der Waals surface area contributed by atoms with Gasteiger partial charge in [-0.25, -0.2) is 4.98 Å². The number of ether oxygens (including phenoxy) is 1. The lowest BCUT2D eigenvalue weighted by molar-refractivity contribution is -0.0262. The molecule has 1 fully saturated rings. The van der Waals surface area contributed by atoms with E-state index >= 15 is 0 Å². The minimum Gasteiger partial charge on any atom is -0.411 e. The Bertz CT molecular complexity index is 543. The second-order valence-electron chi connectivity index (χ2n) is 4.20. The molecule has 19 heavy (non-hydrogen) atoms. The van der Waals surface area contributed by atoms with Crippen molar-refractivity contribution >= 4 is 28.8 Å². The molecule has 1 aromatic heterocycles. The molecule has 0 spiro atoms. The topological polar surface area (TPSA) is 74.9 Å². The summed E-state index contributed by atoms with van der Waals surface area (Å²) >= 11 is 2.10. The Morgan fingerprint density at radius 3 is 2.84 bits per heavy atom. The van der Waals surface area contributed by atoms with Gasteiger partial charge in [0, 0.05) is 16.4 Å². The summed E-state index contributed by atoms with van der Waals surface area (Å²) in [5, 5.41) is 21.7. The minimum absolute atomic E-state index is 0.509. The largest absolute Gasteiger partial charge is 0.411 e. The third kappa shape index (κ3) is 3.89. The van der Waals surface area contributed by atoms with E-state index in [1.54, 1.807) is 6.07 Å². The van der Waals surface area contributed by atoms with Gasteiger partial charge in [0.1, 0.15) is 11.3 Å².